The van der Waals surface area contributed by atoms with E-state index in [9.17, 15) is 12.8 Å². The van der Waals surface area contributed by atoms with Gasteiger partial charge in [0.25, 0.3) is 10.0 Å². The molecular formula is C18H19FN6O2S. The number of nitrogen functional groups attached to an aromatic ring is 1. The molecule has 0 spiro atoms. The molecule has 0 aliphatic carbocycles. The van der Waals surface area contributed by atoms with Crippen LogP contribution in [0.5, 0.6) is 0 Å². The van der Waals surface area contributed by atoms with Gasteiger partial charge in [0.15, 0.2) is 11.6 Å². The molecule has 0 fully saturated rings. The molecule has 0 aliphatic heterocycles. The maximum absolute atomic E-state index is 13.0. The molecular weight excluding hydrogens is 383 g/mol. The quantitative estimate of drug-likeness (QED) is 0.448. The molecule has 3 aromatic rings. The third-order valence-electron chi connectivity index (χ3n) is 3.89. The van der Waals surface area contributed by atoms with Crippen molar-refractivity contribution in [3.05, 3.63) is 71.8 Å². The number of hydrogen-bond donors (Lipinski definition) is 4. The molecule has 8 nitrogen and oxygen atoms in total. The van der Waals surface area contributed by atoms with E-state index < -0.39 is 10.0 Å². The molecule has 1 heterocycles. The van der Waals surface area contributed by atoms with E-state index in [0.29, 0.717) is 12.4 Å². The summed E-state index contributed by atoms with van der Waals surface area (Å²) in [7, 11) is -3.80. The lowest BCUT2D eigenvalue weighted by atomic mass is 10.2. The van der Waals surface area contributed by atoms with Gasteiger partial charge in [0.2, 0.25) is 0 Å². The Balaban J connectivity index is 1.68. The Hall–Kier alpha value is -3.24. The second kappa shape index (κ2) is 8.19. The molecule has 0 amide bonds. The average molecular weight is 402 g/mol. The van der Waals surface area contributed by atoms with Crippen LogP contribution in [0.4, 0.5) is 21.7 Å². The van der Waals surface area contributed by atoms with Crippen LogP contribution in [0.2, 0.25) is 0 Å². The Morgan fingerprint density at radius 2 is 1.64 bits per heavy atom. The smallest absolute Gasteiger partial charge is 0.257 e. The van der Waals surface area contributed by atoms with E-state index >= 15 is 0 Å². The highest BCUT2D eigenvalue weighted by Crippen LogP contribution is 2.22. The van der Waals surface area contributed by atoms with Gasteiger partial charge < -0.3 is 11.1 Å². The third-order valence-corrected chi connectivity index (χ3v) is 5.16. The molecule has 28 heavy (non-hydrogen) atoms. The first-order valence-electron chi connectivity index (χ1n) is 8.28. The molecule has 10 heteroatoms. The van der Waals surface area contributed by atoms with Crippen LogP contribution in [-0.4, -0.2) is 18.4 Å². The van der Waals surface area contributed by atoms with Gasteiger partial charge in [-0.25, -0.2) is 22.8 Å². The lowest BCUT2D eigenvalue weighted by Crippen LogP contribution is -2.30. The molecule has 5 N–H and O–H groups in total. The van der Waals surface area contributed by atoms with Crippen molar-refractivity contribution in [3.63, 3.8) is 0 Å². The number of sulfonamides is 1. The van der Waals surface area contributed by atoms with Crippen molar-refractivity contribution in [2.45, 2.75) is 18.4 Å². The monoisotopic (exact) mass is 402 g/mol. The van der Waals surface area contributed by atoms with E-state index in [0.717, 1.165) is 11.1 Å². The van der Waals surface area contributed by atoms with Gasteiger partial charge in [-0.15, -0.1) is 4.83 Å². The van der Waals surface area contributed by atoms with Gasteiger partial charge in [0.05, 0.1) is 4.90 Å². The summed E-state index contributed by atoms with van der Waals surface area (Å²) < 4.78 is 37.7. The zero-order chi connectivity index (χ0) is 20.1. The van der Waals surface area contributed by atoms with Gasteiger partial charge in [0.1, 0.15) is 17.8 Å². The number of aryl methyl sites for hydroxylation is 1. The molecule has 0 aliphatic rings. The molecule has 0 atom stereocenters. The zero-order valence-corrected chi connectivity index (χ0v) is 15.8. The first-order chi connectivity index (χ1) is 13.3. The van der Waals surface area contributed by atoms with Crippen molar-refractivity contribution < 1.29 is 12.8 Å². The van der Waals surface area contributed by atoms with Crippen molar-refractivity contribution >= 4 is 27.3 Å². The van der Waals surface area contributed by atoms with Crippen LogP contribution < -0.4 is 21.3 Å². The van der Waals surface area contributed by atoms with Crippen molar-refractivity contribution in [1.82, 2.24) is 14.8 Å². The largest absolute Gasteiger partial charge is 0.393 e. The van der Waals surface area contributed by atoms with Crippen LogP contribution in [0.15, 0.2) is 59.8 Å². The first kappa shape index (κ1) is 19.5. The third kappa shape index (κ3) is 4.72. The number of anilines is 3. The van der Waals surface area contributed by atoms with Crippen LogP contribution in [0.25, 0.3) is 0 Å². The molecule has 0 unspecified atom stereocenters. The number of nitrogens with one attached hydrogen (secondary N) is 3. The molecule has 0 saturated heterocycles. The first-order valence-corrected chi connectivity index (χ1v) is 9.77. The molecule has 0 bridgehead atoms. The normalized spacial score (nSPS) is 11.2. The number of benzene rings is 2. The Morgan fingerprint density at radius 1 is 1.00 bits per heavy atom. The summed E-state index contributed by atoms with van der Waals surface area (Å²) in [5.74, 6) is 0.0984. The van der Waals surface area contributed by atoms with Crippen LogP contribution >= 0.6 is 0 Å². The number of hydrogen-bond acceptors (Lipinski definition) is 7. The van der Waals surface area contributed by atoms with Crippen molar-refractivity contribution in [2.75, 3.05) is 16.5 Å². The Kier molecular flexibility index (Phi) is 5.71. The number of rotatable bonds is 7. The minimum absolute atomic E-state index is 0.104. The standard InChI is InChI=1S/C18H19FN6O2S/c1-12-2-8-15(9-3-12)28(26,27)25-24-18-16(20)17(22-11-23-18)21-10-13-4-6-14(19)7-5-13/h2-9,11,25H,10,20H2,1H3,(H2,21,22,23,24). The van der Waals surface area contributed by atoms with E-state index in [1.165, 1.54) is 30.6 Å². The number of nitrogens with two attached hydrogens (primary N) is 1. The van der Waals surface area contributed by atoms with Gasteiger partial charge in [-0.2, -0.15) is 0 Å². The molecule has 1 aromatic heterocycles. The average Bonchev–Trinajstić information content (AvgIpc) is 2.68. The Labute approximate surface area is 162 Å². The molecule has 3 rings (SSSR count). The minimum atomic E-state index is -3.80. The lowest BCUT2D eigenvalue weighted by Gasteiger charge is -2.13. The summed E-state index contributed by atoms with van der Waals surface area (Å²) in [6.45, 7) is 2.22. The zero-order valence-electron chi connectivity index (χ0n) is 15.0. The Morgan fingerprint density at radius 3 is 2.32 bits per heavy atom. The predicted molar refractivity (Wildman–Crippen MR) is 105 cm³/mol. The fourth-order valence-corrected chi connectivity index (χ4v) is 3.16. The molecule has 0 saturated carbocycles. The maximum atomic E-state index is 13.0. The Bertz CT molecular complexity index is 1060. The minimum Gasteiger partial charge on any atom is -0.393 e. The van der Waals surface area contributed by atoms with Crippen LogP contribution in [0.1, 0.15) is 11.1 Å². The van der Waals surface area contributed by atoms with Crippen molar-refractivity contribution in [1.29, 1.82) is 0 Å². The fourth-order valence-electron chi connectivity index (χ4n) is 2.32. The van der Waals surface area contributed by atoms with E-state index in [2.05, 4.69) is 25.5 Å². The summed E-state index contributed by atoms with van der Waals surface area (Å²) in [5.41, 5.74) is 10.4. The number of nitrogens with zero attached hydrogens (tertiary/aromatic N) is 2. The van der Waals surface area contributed by atoms with Crippen molar-refractivity contribution in [3.8, 4) is 0 Å². The lowest BCUT2D eigenvalue weighted by molar-refractivity contribution is 0.587. The number of hydrazine groups is 1. The summed E-state index contributed by atoms with van der Waals surface area (Å²) in [6.07, 6.45) is 1.24. The highest BCUT2D eigenvalue weighted by Gasteiger charge is 2.15. The van der Waals surface area contributed by atoms with Gasteiger partial charge >= 0.3 is 0 Å². The second-order valence-corrected chi connectivity index (χ2v) is 7.69. The topological polar surface area (TPSA) is 122 Å². The highest BCUT2D eigenvalue weighted by atomic mass is 32.2. The van der Waals surface area contributed by atoms with Crippen molar-refractivity contribution in [2.24, 2.45) is 0 Å². The second-order valence-electron chi connectivity index (χ2n) is 6.01. The van der Waals surface area contributed by atoms with Gasteiger partial charge in [0, 0.05) is 6.54 Å². The summed E-state index contributed by atoms with van der Waals surface area (Å²) in [4.78, 5) is 10.3. The molecule has 146 valence electrons. The van der Waals surface area contributed by atoms with E-state index in [1.54, 1.807) is 24.3 Å². The number of halogens is 1. The fraction of sp³-hybridized carbons (Fsp3) is 0.111. The predicted octanol–water partition coefficient (Wildman–Crippen LogP) is 2.42. The van der Waals surface area contributed by atoms with E-state index in [1.807, 2.05) is 6.92 Å². The van der Waals surface area contributed by atoms with E-state index in [4.69, 9.17) is 5.73 Å². The molecule has 2 aromatic carbocycles. The SMILES string of the molecule is Cc1ccc(S(=O)(=O)NNc2ncnc(NCc3ccc(F)cc3)c2N)cc1. The van der Waals surface area contributed by atoms with Gasteiger partial charge in [-0.05, 0) is 36.8 Å². The highest BCUT2D eigenvalue weighted by molar-refractivity contribution is 7.89. The van der Waals surface area contributed by atoms with E-state index in [-0.39, 0.29) is 22.2 Å². The van der Waals surface area contributed by atoms with Crippen LogP contribution in [0.3, 0.4) is 0 Å². The number of aromatic nitrogens is 2. The summed E-state index contributed by atoms with van der Waals surface area (Å²) in [5, 5.41) is 3.01. The van der Waals surface area contributed by atoms with Gasteiger partial charge in [-0.1, -0.05) is 29.8 Å². The van der Waals surface area contributed by atoms with Gasteiger partial charge in [-0.3, -0.25) is 5.43 Å². The summed E-state index contributed by atoms with van der Waals surface area (Å²) >= 11 is 0. The van der Waals surface area contributed by atoms with Crippen LogP contribution in [0, 0.1) is 12.7 Å². The maximum Gasteiger partial charge on any atom is 0.257 e. The molecule has 0 radical (unpaired) electrons. The van der Waals surface area contributed by atoms with Crippen LogP contribution in [-0.2, 0) is 16.6 Å². The summed E-state index contributed by atoms with van der Waals surface area (Å²) in [6, 6.07) is 12.4.